The standard InChI is InChI=1S/C19H22N2O4/c1-12-8-17(24-3)18(25-4)9-14(12)10-19(23)21(13(2)22)16-7-5-6-15(20)11-16/h5-9,11H,10,20H2,1-4H3. The van der Waals surface area contributed by atoms with E-state index in [1.165, 1.54) is 14.0 Å². The van der Waals surface area contributed by atoms with Gasteiger partial charge in [-0.15, -0.1) is 0 Å². The van der Waals surface area contributed by atoms with E-state index in [2.05, 4.69) is 0 Å². The Bertz CT molecular complexity index is 802. The van der Waals surface area contributed by atoms with Crippen molar-refractivity contribution in [2.45, 2.75) is 20.3 Å². The number of hydrogen-bond donors (Lipinski definition) is 1. The third-order valence-corrected chi connectivity index (χ3v) is 3.88. The second-order valence-corrected chi connectivity index (χ2v) is 5.65. The van der Waals surface area contributed by atoms with Crippen molar-refractivity contribution in [3.63, 3.8) is 0 Å². The molecule has 0 bridgehead atoms. The molecule has 132 valence electrons. The molecule has 6 heteroatoms. The minimum Gasteiger partial charge on any atom is -0.493 e. The number of imide groups is 1. The maximum Gasteiger partial charge on any atom is 0.238 e. The highest BCUT2D eigenvalue weighted by molar-refractivity contribution is 6.14. The highest BCUT2D eigenvalue weighted by Gasteiger charge is 2.22. The predicted molar refractivity (Wildman–Crippen MR) is 97.0 cm³/mol. The van der Waals surface area contributed by atoms with Crippen molar-refractivity contribution < 1.29 is 19.1 Å². The number of nitrogens with two attached hydrogens (primary N) is 1. The number of hydrogen-bond acceptors (Lipinski definition) is 5. The molecule has 2 aromatic rings. The lowest BCUT2D eigenvalue weighted by Gasteiger charge is -2.20. The van der Waals surface area contributed by atoms with E-state index in [9.17, 15) is 9.59 Å². The lowest BCUT2D eigenvalue weighted by atomic mass is 10.0. The summed E-state index contributed by atoms with van der Waals surface area (Å²) >= 11 is 0. The summed E-state index contributed by atoms with van der Waals surface area (Å²) in [4.78, 5) is 25.9. The van der Waals surface area contributed by atoms with Crippen LogP contribution in [0.3, 0.4) is 0 Å². The SMILES string of the molecule is COc1cc(C)c(CC(=O)N(C(C)=O)c2cccc(N)c2)cc1OC. The second-order valence-electron chi connectivity index (χ2n) is 5.65. The molecule has 0 aliphatic rings. The fourth-order valence-electron chi connectivity index (χ4n) is 2.62. The van der Waals surface area contributed by atoms with Crippen molar-refractivity contribution >= 4 is 23.2 Å². The van der Waals surface area contributed by atoms with Crippen molar-refractivity contribution in [1.29, 1.82) is 0 Å². The zero-order valence-corrected chi connectivity index (χ0v) is 14.8. The zero-order chi connectivity index (χ0) is 18.6. The first-order chi connectivity index (χ1) is 11.9. The first kappa shape index (κ1) is 18.3. The molecule has 25 heavy (non-hydrogen) atoms. The molecule has 2 rings (SSSR count). The topological polar surface area (TPSA) is 81.9 Å². The molecule has 0 aromatic heterocycles. The first-order valence-electron chi connectivity index (χ1n) is 7.78. The number of nitrogen functional groups attached to an aromatic ring is 1. The van der Waals surface area contributed by atoms with Gasteiger partial charge in [0, 0.05) is 12.6 Å². The Hall–Kier alpha value is -3.02. The van der Waals surface area contributed by atoms with Gasteiger partial charge in [-0.3, -0.25) is 14.5 Å². The van der Waals surface area contributed by atoms with Gasteiger partial charge >= 0.3 is 0 Å². The molecule has 2 N–H and O–H groups in total. The number of aryl methyl sites for hydroxylation is 1. The Balaban J connectivity index is 2.35. The molecule has 0 aliphatic heterocycles. The van der Waals surface area contributed by atoms with Crippen LogP contribution in [0.15, 0.2) is 36.4 Å². The summed E-state index contributed by atoms with van der Waals surface area (Å²) in [5.41, 5.74) is 8.34. The summed E-state index contributed by atoms with van der Waals surface area (Å²) in [6, 6.07) is 10.2. The van der Waals surface area contributed by atoms with E-state index in [0.717, 1.165) is 16.0 Å². The summed E-state index contributed by atoms with van der Waals surface area (Å²) in [5.74, 6) is 0.423. The van der Waals surface area contributed by atoms with Crippen molar-refractivity contribution in [1.82, 2.24) is 0 Å². The van der Waals surface area contributed by atoms with Crippen LogP contribution in [0, 0.1) is 6.92 Å². The van der Waals surface area contributed by atoms with Crippen LogP contribution in [0.2, 0.25) is 0 Å². The molecule has 0 unspecified atom stereocenters. The zero-order valence-electron chi connectivity index (χ0n) is 14.8. The second kappa shape index (κ2) is 7.70. The number of rotatable bonds is 5. The Morgan fingerprint density at radius 3 is 2.28 bits per heavy atom. The average molecular weight is 342 g/mol. The smallest absolute Gasteiger partial charge is 0.238 e. The number of benzene rings is 2. The van der Waals surface area contributed by atoms with Gasteiger partial charge in [0.25, 0.3) is 0 Å². The van der Waals surface area contributed by atoms with Crippen molar-refractivity contribution in [2.24, 2.45) is 0 Å². The Kier molecular flexibility index (Phi) is 5.64. The van der Waals surface area contributed by atoms with E-state index >= 15 is 0 Å². The van der Waals surface area contributed by atoms with Crippen molar-refractivity contribution in [3.8, 4) is 11.5 Å². The first-order valence-corrected chi connectivity index (χ1v) is 7.78. The predicted octanol–water partition coefficient (Wildman–Crippen LogP) is 2.72. The molecule has 0 saturated carbocycles. The number of carbonyl (C=O) groups excluding carboxylic acids is 2. The van der Waals surface area contributed by atoms with Crippen LogP contribution >= 0.6 is 0 Å². The van der Waals surface area contributed by atoms with Gasteiger partial charge in [-0.2, -0.15) is 0 Å². The minimum atomic E-state index is -0.367. The Morgan fingerprint density at radius 1 is 1.08 bits per heavy atom. The molecule has 0 radical (unpaired) electrons. The van der Waals surface area contributed by atoms with Crippen LogP contribution < -0.4 is 20.1 Å². The van der Waals surface area contributed by atoms with Crippen LogP contribution in [-0.4, -0.2) is 26.0 Å². The Labute approximate surface area is 147 Å². The quantitative estimate of drug-likeness (QED) is 0.845. The van der Waals surface area contributed by atoms with E-state index in [1.54, 1.807) is 43.5 Å². The summed E-state index contributed by atoms with van der Waals surface area (Å²) < 4.78 is 10.5. The number of carbonyl (C=O) groups is 2. The van der Waals surface area contributed by atoms with Crippen LogP contribution in [0.25, 0.3) is 0 Å². The van der Waals surface area contributed by atoms with E-state index in [4.69, 9.17) is 15.2 Å². The molecule has 0 heterocycles. The highest BCUT2D eigenvalue weighted by Crippen LogP contribution is 2.31. The van der Waals surface area contributed by atoms with Crippen LogP contribution in [-0.2, 0) is 16.0 Å². The van der Waals surface area contributed by atoms with Crippen molar-refractivity contribution in [3.05, 3.63) is 47.5 Å². The molecular weight excluding hydrogens is 320 g/mol. The van der Waals surface area contributed by atoms with Gasteiger partial charge in [-0.05, 0) is 48.4 Å². The van der Waals surface area contributed by atoms with Crippen LogP contribution in [0.1, 0.15) is 18.1 Å². The summed E-state index contributed by atoms with van der Waals surface area (Å²) in [6.07, 6.45) is 0.0561. The molecule has 0 saturated heterocycles. The van der Waals surface area contributed by atoms with Gasteiger partial charge < -0.3 is 15.2 Å². The molecule has 0 aliphatic carbocycles. The number of amides is 2. The maximum atomic E-state index is 12.8. The van der Waals surface area contributed by atoms with E-state index in [1.807, 2.05) is 6.92 Å². The lowest BCUT2D eigenvalue weighted by molar-refractivity contribution is -0.125. The van der Waals surface area contributed by atoms with Gasteiger partial charge in [0.2, 0.25) is 11.8 Å². The fraction of sp³-hybridized carbons (Fsp3) is 0.263. The summed E-state index contributed by atoms with van der Waals surface area (Å²) in [6.45, 7) is 3.23. The minimum absolute atomic E-state index is 0.0561. The fourth-order valence-corrected chi connectivity index (χ4v) is 2.62. The van der Waals surface area contributed by atoms with Gasteiger partial charge in [-0.1, -0.05) is 6.07 Å². The Morgan fingerprint density at radius 2 is 1.72 bits per heavy atom. The van der Waals surface area contributed by atoms with E-state index in [-0.39, 0.29) is 18.2 Å². The number of nitrogens with zero attached hydrogens (tertiary/aromatic N) is 1. The van der Waals surface area contributed by atoms with E-state index < -0.39 is 0 Å². The number of anilines is 2. The molecule has 6 nitrogen and oxygen atoms in total. The average Bonchev–Trinajstić information content (AvgIpc) is 2.56. The van der Waals surface area contributed by atoms with Crippen LogP contribution in [0.5, 0.6) is 11.5 Å². The highest BCUT2D eigenvalue weighted by atomic mass is 16.5. The third-order valence-electron chi connectivity index (χ3n) is 3.88. The van der Waals surface area contributed by atoms with Gasteiger partial charge in [0.15, 0.2) is 11.5 Å². The monoisotopic (exact) mass is 342 g/mol. The summed E-state index contributed by atoms with van der Waals surface area (Å²) in [5, 5.41) is 0. The molecule has 2 aromatic carbocycles. The molecule has 0 fully saturated rings. The number of ether oxygens (including phenoxy) is 2. The van der Waals surface area contributed by atoms with E-state index in [0.29, 0.717) is 22.9 Å². The largest absolute Gasteiger partial charge is 0.493 e. The molecule has 0 atom stereocenters. The van der Waals surface area contributed by atoms with Gasteiger partial charge in [0.05, 0.1) is 26.3 Å². The van der Waals surface area contributed by atoms with Gasteiger partial charge in [0.1, 0.15) is 0 Å². The number of methoxy groups -OCH3 is 2. The maximum absolute atomic E-state index is 12.8. The summed E-state index contributed by atoms with van der Waals surface area (Å²) in [7, 11) is 3.09. The third kappa shape index (κ3) is 4.09. The van der Waals surface area contributed by atoms with Crippen LogP contribution in [0.4, 0.5) is 11.4 Å². The lowest BCUT2D eigenvalue weighted by Crippen LogP contribution is -2.36. The molecule has 0 spiro atoms. The molecule has 2 amide bonds. The van der Waals surface area contributed by atoms with Gasteiger partial charge in [-0.25, -0.2) is 0 Å². The molecular formula is C19H22N2O4. The van der Waals surface area contributed by atoms with Crippen molar-refractivity contribution in [2.75, 3.05) is 24.9 Å². The normalized spacial score (nSPS) is 10.2.